The van der Waals surface area contributed by atoms with Crippen LogP contribution in [0.25, 0.3) is 238 Å². The third kappa shape index (κ3) is 14.8. The summed E-state index contributed by atoms with van der Waals surface area (Å²) in [6, 6.07) is 156. The number of benzene rings is 15. The number of nitriles is 6. The van der Waals surface area contributed by atoms with Crippen LogP contribution in [0.4, 0.5) is 5.69 Å². The van der Waals surface area contributed by atoms with Gasteiger partial charge in [-0.1, -0.05) is 212 Å². The Hall–Kier alpha value is -21.6. The van der Waals surface area contributed by atoms with Crippen LogP contribution in [0.1, 0.15) is 33.4 Å². The summed E-state index contributed by atoms with van der Waals surface area (Å²) in [5, 5.41) is 70.4. The van der Waals surface area contributed by atoms with Gasteiger partial charge < -0.3 is 0 Å². The van der Waals surface area contributed by atoms with Crippen LogP contribution >= 0.6 is 0 Å². The fourth-order valence-corrected chi connectivity index (χ4v) is 20.6. The summed E-state index contributed by atoms with van der Waals surface area (Å²) in [6.45, 7) is 7.73. The topological polar surface area (TPSA) is 254 Å². The van der Waals surface area contributed by atoms with E-state index in [0.29, 0.717) is 56.4 Å². The standard InChI is InChI=1S/C43H23N7.2C42H24N6/c1-46-36-12-5-2-11-32(36)37-14-8-13-35(47-37)29-23-42(49-38-15-6-3-9-30(38)31-10-4-7-16-39(31)49)48-43(24-29)50-40-19-17-27(25-44)21-33(40)34-22-28(26-45)18-20-41(34)50;43-25-27-9-7-10-29(21-27)35-14-8-15-36(45-35)30-23-41(47-37-16-4-1-11-31(37)32-12-2-5-17-38(32)47)46-42(24-30)48-39-18-6-3-13-33(39)34-22-28(26-44)19-20-40(34)48;43-25-27-16-19-29(20-17-27)35-11-7-12-36(45-35)30-23-41(47-37-13-4-1-8-31(37)32-9-2-5-14-38(32)47)46-42(24-30)48-39-15-6-3-10-33(39)34-22-28(26-44)18-21-40(34)48/h2-24H;2*1-24H. The van der Waals surface area contributed by atoms with Crippen LogP contribution < -0.4 is 0 Å². The zero-order valence-corrected chi connectivity index (χ0v) is 77.5. The van der Waals surface area contributed by atoms with E-state index in [-0.39, 0.29) is 0 Å². The molecule has 27 aromatic rings. The Balaban J connectivity index is 0.000000114. The van der Waals surface area contributed by atoms with Crippen molar-refractivity contribution >= 4 is 137 Å². The van der Waals surface area contributed by atoms with Crippen LogP contribution in [0.2, 0.25) is 0 Å². The van der Waals surface area contributed by atoms with Gasteiger partial charge in [0.15, 0.2) is 5.69 Å². The molecule has 15 aromatic carbocycles. The number of para-hydroxylation sites is 9. The summed E-state index contributed by atoms with van der Waals surface area (Å²) in [5.74, 6) is 4.37. The van der Waals surface area contributed by atoms with Gasteiger partial charge in [0, 0.05) is 98.0 Å². The van der Waals surface area contributed by atoms with E-state index in [1.54, 1.807) is 24.3 Å². The van der Waals surface area contributed by atoms with Crippen molar-refractivity contribution in [2.45, 2.75) is 0 Å². The molecule has 0 saturated heterocycles. The fourth-order valence-electron chi connectivity index (χ4n) is 20.6. The molecule has 12 heterocycles. The molecular formula is C127H71N19. The highest BCUT2D eigenvalue weighted by molar-refractivity contribution is 6.15. The normalized spacial score (nSPS) is 11.2. The van der Waals surface area contributed by atoms with Gasteiger partial charge in [-0.15, -0.1) is 0 Å². The van der Waals surface area contributed by atoms with Crippen molar-refractivity contribution in [2.75, 3.05) is 0 Å². The molecule has 0 radical (unpaired) electrons. The van der Waals surface area contributed by atoms with Gasteiger partial charge in [-0.25, -0.2) is 34.7 Å². The second kappa shape index (κ2) is 35.8. The Kier molecular flexibility index (Phi) is 21.1. The number of hydrogen-bond acceptors (Lipinski definition) is 12. The molecule has 0 bridgehead atoms. The molecule has 27 rings (SSSR count). The first-order valence-corrected chi connectivity index (χ1v) is 47.2. The predicted molar refractivity (Wildman–Crippen MR) is 579 cm³/mol. The average molecular weight is 1860 g/mol. The van der Waals surface area contributed by atoms with Gasteiger partial charge >= 0.3 is 0 Å². The Morgan fingerprint density at radius 1 is 0.171 bits per heavy atom. The number of fused-ring (bicyclic) bond motifs is 18. The average Bonchev–Trinajstić information content (AvgIpc) is 1.57. The van der Waals surface area contributed by atoms with Crippen molar-refractivity contribution in [3.05, 3.63) is 476 Å². The molecule has 19 heteroatoms. The highest BCUT2D eigenvalue weighted by Crippen LogP contribution is 2.44. The maximum Gasteiger partial charge on any atom is 0.196 e. The maximum absolute atomic E-state index is 9.76. The van der Waals surface area contributed by atoms with E-state index < -0.39 is 0 Å². The minimum atomic E-state index is 0.535. The lowest BCUT2D eigenvalue weighted by Gasteiger charge is -2.15. The molecule has 0 aliphatic rings. The molecule has 0 aliphatic heterocycles. The number of hydrogen-bond donors (Lipinski definition) is 0. The lowest BCUT2D eigenvalue weighted by atomic mass is 10.1. The monoisotopic (exact) mass is 1860 g/mol. The van der Waals surface area contributed by atoms with Crippen LogP contribution in [0.3, 0.4) is 0 Å². The van der Waals surface area contributed by atoms with Crippen LogP contribution in [-0.4, -0.2) is 57.3 Å². The van der Waals surface area contributed by atoms with Gasteiger partial charge in [0.05, 0.1) is 177 Å². The molecule has 0 aliphatic carbocycles. The molecule has 146 heavy (non-hydrogen) atoms. The van der Waals surface area contributed by atoms with E-state index in [1.165, 1.54) is 0 Å². The molecule has 0 saturated carbocycles. The van der Waals surface area contributed by atoms with E-state index in [9.17, 15) is 31.6 Å². The second-order valence-corrected chi connectivity index (χ2v) is 35.5. The second-order valence-electron chi connectivity index (χ2n) is 35.5. The number of nitrogens with zero attached hydrogens (tertiary/aromatic N) is 19. The third-order valence-electron chi connectivity index (χ3n) is 27.2. The molecule has 0 amide bonds. The number of pyridine rings is 6. The molecular weight excluding hydrogens is 1790 g/mol. The summed E-state index contributed by atoms with van der Waals surface area (Å²) < 4.78 is 13.1. The van der Waals surface area contributed by atoms with E-state index in [1.807, 2.05) is 231 Å². The molecule has 12 aromatic heterocycles. The van der Waals surface area contributed by atoms with Crippen molar-refractivity contribution in [1.29, 1.82) is 31.6 Å². The first-order chi connectivity index (χ1) is 72.0. The van der Waals surface area contributed by atoms with Crippen LogP contribution in [0.15, 0.2) is 431 Å². The summed E-state index contributed by atoms with van der Waals surface area (Å²) in [5.41, 5.74) is 25.8. The van der Waals surface area contributed by atoms with Gasteiger partial charge in [-0.2, -0.15) is 31.6 Å². The van der Waals surface area contributed by atoms with Gasteiger partial charge in [-0.3, -0.25) is 27.4 Å². The Morgan fingerprint density at radius 2 is 0.397 bits per heavy atom. The van der Waals surface area contributed by atoms with Crippen LogP contribution in [0, 0.1) is 74.6 Å². The van der Waals surface area contributed by atoms with Crippen molar-refractivity contribution < 1.29 is 0 Å². The number of rotatable bonds is 12. The van der Waals surface area contributed by atoms with Gasteiger partial charge in [0.2, 0.25) is 0 Å². The fraction of sp³-hybridized carbons (Fsp3) is 0. The first kappa shape index (κ1) is 86.0. The first-order valence-electron chi connectivity index (χ1n) is 47.2. The van der Waals surface area contributed by atoms with Crippen molar-refractivity contribution in [3.63, 3.8) is 0 Å². The summed E-state index contributed by atoms with van der Waals surface area (Å²) in [4.78, 5) is 35.2. The Morgan fingerprint density at radius 3 is 0.699 bits per heavy atom. The van der Waals surface area contributed by atoms with Crippen molar-refractivity contribution in [3.8, 4) is 139 Å². The number of aromatic nitrogens is 12. The summed E-state index contributed by atoms with van der Waals surface area (Å²) in [6.07, 6.45) is 0. The van der Waals surface area contributed by atoms with Crippen molar-refractivity contribution in [1.82, 2.24) is 57.3 Å². The molecule has 0 N–H and O–H groups in total. The minimum absolute atomic E-state index is 0.535. The van der Waals surface area contributed by atoms with Crippen LogP contribution in [-0.2, 0) is 0 Å². The van der Waals surface area contributed by atoms with Crippen LogP contribution in [0.5, 0.6) is 0 Å². The summed E-state index contributed by atoms with van der Waals surface area (Å²) >= 11 is 0. The lowest BCUT2D eigenvalue weighted by Crippen LogP contribution is -2.05. The van der Waals surface area contributed by atoms with E-state index in [2.05, 4.69) is 245 Å². The SMILES string of the molecule is N#Cc1ccc(-c2cccc(-c3cc(-n4c5ccccc5c5ccccc54)nc(-n4c5ccccc5c5cc(C#N)ccc54)c3)n2)cc1.N#Cc1cccc(-c2cccc(-c3cc(-n4c5ccccc5c5ccccc54)nc(-n4c5ccccc5c5cc(C#N)ccc54)c3)n2)c1.[C-]#[N+]c1ccccc1-c1cccc(-c2cc(-n3c4ccccc4c4ccccc43)nc(-n3c4ccc(C#N)cc4c4cc(C#N)ccc43)c2)n1. The lowest BCUT2D eigenvalue weighted by molar-refractivity contribution is 1.01. The smallest absolute Gasteiger partial charge is 0.196 e. The molecule has 19 nitrogen and oxygen atoms in total. The van der Waals surface area contributed by atoms with Crippen molar-refractivity contribution in [2.24, 2.45) is 0 Å². The third-order valence-corrected chi connectivity index (χ3v) is 27.2. The molecule has 0 fully saturated rings. The highest BCUT2D eigenvalue weighted by Gasteiger charge is 2.26. The largest absolute Gasteiger partial charge is 0.294 e. The van der Waals surface area contributed by atoms with Gasteiger partial charge in [0.25, 0.3) is 0 Å². The predicted octanol–water partition coefficient (Wildman–Crippen LogP) is 29.8. The van der Waals surface area contributed by atoms with Gasteiger partial charge in [0.1, 0.15) is 34.9 Å². The van der Waals surface area contributed by atoms with E-state index >= 15 is 0 Å². The zero-order valence-electron chi connectivity index (χ0n) is 77.5. The van der Waals surface area contributed by atoms with Gasteiger partial charge in [-0.05, 0) is 218 Å². The molecule has 674 valence electrons. The van der Waals surface area contributed by atoms with E-state index in [0.717, 1.165) is 216 Å². The molecule has 0 unspecified atom stereocenters. The Labute approximate surface area is 834 Å². The Bertz CT molecular complexity index is 10300. The summed E-state index contributed by atoms with van der Waals surface area (Å²) in [7, 11) is 0. The molecule has 0 spiro atoms. The van der Waals surface area contributed by atoms with E-state index in [4.69, 9.17) is 36.5 Å². The maximum atomic E-state index is 9.76. The quantitative estimate of drug-likeness (QED) is 0.104. The highest BCUT2D eigenvalue weighted by atomic mass is 15.2. The molecule has 0 atom stereocenters. The minimum Gasteiger partial charge on any atom is -0.294 e. The zero-order chi connectivity index (χ0) is 98.2.